The highest BCUT2D eigenvalue weighted by molar-refractivity contribution is 7.92. The second kappa shape index (κ2) is 4.33. The molecule has 0 bridgehead atoms. The van der Waals surface area contributed by atoms with Crippen molar-refractivity contribution < 1.29 is 8.42 Å². The summed E-state index contributed by atoms with van der Waals surface area (Å²) in [5.41, 5.74) is 2.44. The van der Waals surface area contributed by atoms with E-state index in [1.54, 1.807) is 19.2 Å². The molecule has 0 spiro atoms. The fourth-order valence-electron chi connectivity index (χ4n) is 1.59. The lowest BCUT2D eigenvalue weighted by Crippen LogP contribution is -2.14. The Morgan fingerprint density at radius 1 is 1.29 bits per heavy atom. The zero-order valence-corrected chi connectivity index (χ0v) is 10.6. The predicted molar refractivity (Wildman–Crippen MR) is 69.6 cm³/mol. The average molecular weight is 250 g/mol. The van der Waals surface area contributed by atoms with Crippen molar-refractivity contribution >= 4 is 26.6 Å². The maximum Gasteiger partial charge on any atom is 0.232 e. The minimum absolute atomic E-state index is 0.0582. The van der Waals surface area contributed by atoms with Crippen LogP contribution in [0.5, 0.6) is 0 Å². The van der Waals surface area contributed by atoms with Crippen LogP contribution in [0.4, 0.5) is 5.69 Å². The minimum Gasteiger partial charge on any atom is -0.283 e. The Morgan fingerprint density at radius 2 is 2.06 bits per heavy atom. The number of hydrogen-bond acceptors (Lipinski definition) is 3. The van der Waals surface area contributed by atoms with E-state index in [-0.39, 0.29) is 5.75 Å². The summed E-state index contributed by atoms with van der Waals surface area (Å²) < 4.78 is 25.7. The van der Waals surface area contributed by atoms with Crippen molar-refractivity contribution in [1.82, 2.24) is 4.98 Å². The molecule has 0 amide bonds. The summed E-state index contributed by atoms with van der Waals surface area (Å²) in [6.07, 6.45) is 1.60. The van der Waals surface area contributed by atoms with E-state index in [0.29, 0.717) is 5.69 Å². The number of benzene rings is 1. The third-order valence-electron chi connectivity index (χ3n) is 2.54. The van der Waals surface area contributed by atoms with Gasteiger partial charge >= 0.3 is 0 Å². The molecule has 0 aliphatic carbocycles. The molecular formula is C12H14N2O2S. The Labute approximate surface area is 101 Å². The van der Waals surface area contributed by atoms with Crippen LogP contribution in [0.25, 0.3) is 10.9 Å². The van der Waals surface area contributed by atoms with Gasteiger partial charge in [-0.3, -0.25) is 9.71 Å². The van der Waals surface area contributed by atoms with E-state index >= 15 is 0 Å². The van der Waals surface area contributed by atoms with E-state index in [4.69, 9.17) is 0 Å². The van der Waals surface area contributed by atoms with Gasteiger partial charge in [-0.25, -0.2) is 8.42 Å². The number of aromatic nitrogens is 1. The fraction of sp³-hybridized carbons (Fsp3) is 0.250. The maximum atomic E-state index is 11.6. The van der Waals surface area contributed by atoms with Gasteiger partial charge in [-0.2, -0.15) is 0 Å². The summed E-state index contributed by atoms with van der Waals surface area (Å²) in [5, 5.41) is 0.824. The van der Waals surface area contributed by atoms with Crippen LogP contribution in [0.3, 0.4) is 0 Å². The van der Waals surface area contributed by atoms with Crippen LogP contribution in [-0.2, 0) is 10.0 Å². The number of nitrogens with zero attached hydrogens (tertiary/aromatic N) is 1. The SMILES string of the molecule is CCS(=O)(=O)Nc1ccnc2ccc(C)cc12. The Balaban J connectivity index is 2.58. The third-order valence-corrected chi connectivity index (χ3v) is 3.83. The minimum atomic E-state index is -3.25. The first-order valence-corrected chi connectivity index (χ1v) is 7.03. The molecule has 0 aliphatic heterocycles. The number of rotatable bonds is 3. The van der Waals surface area contributed by atoms with E-state index in [1.165, 1.54) is 0 Å². The summed E-state index contributed by atoms with van der Waals surface area (Å²) >= 11 is 0. The van der Waals surface area contributed by atoms with Gasteiger partial charge in [-0.05, 0) is 32.0 Å². The molecule has 0 unspecified atom stereocenters. The van der Waals surface area contributed by atoms with Crippen molar-refractivity contribution in [1.29, 1.82) is 0 Å². The third kappa shape index (κ3) is 2.55. The normalized spacial score (nSPS) is 11.6. The Kier molecular flexibility index (Phi) is 3.02. The summed E-state index contributed by atoms with van der Waals surface area (Å²) in [5.74, 6) is 0.0582. The van der Waals surface area contributed by atoms with Gasteiger partial charge in [-0.15, -0.1) is 0 Å². The highest BCUT2D eigenvalue weighted by Crippen LogP contribution is 2.23. The van der Waals surface area contributed by atoms with Gasteiger partial charge in [-0.1, -0.05) is 11.6 Å². The first-order valence-electron chi connectivity index (χ1n) is 5.38. The summed E-state index contributed by atoms with van der Waals surface area (Å²) in [7, 11) is -3.25. The van der Waals surface area contributed by atoms with E-state index < -0.39 is 10.0 Å². The molecule has 2 aromatic rings. The van der Waals surface area contributed by atoms with Crippen LogP contribution < -0.4 is 4.72 Å². The quantitative estimate of drug-likeness (QED) is 0.909. The summed E-state index contributed by atoms with van der Waals surface area (Å²) in [6.45, 7) is 3.57. The van der Waals surface area contributed by atoms with Gasteiger partial charge in [0.1, 0.15) is 0 Å². The van der Waals surface area contributed by atoms with E-state index in [9.17, 15) is 8.42 Å². The van der Waals surface area contributed by atoms with Crippen molar-refractivity contribution in [2.24, 2.45) is 0 Å². The first-order chi connectivity index (χ1) is 8.02. The molecule has 17 heavy (non-hydrogen) atoms. The number of sulfonamides is 1. The highest BCUT2D eigenvalue weighted by Gasteiger charge is 2.09. The molecule has 0 aliphatic rings. The lowest BCUT2D eigenvalue weighted by Gasteiger charge is -2.09. The predicted octanol–water partition coefficient (Wildman–Crippen LogP) is 2.30. The molecule has 0 saturated heterocycles. The zero-order valence-electron chi connectivity index (χ0n) is 9.77. The summed E-state index contributed by atoms with van der Waals surface area (Å²) in [6, 6.07) is 7.44. The first kappa shape index (κ1) is 11.9. The molecule has 1 N–H and O–H groups in total. The topological polar surface area (TPSA) is 59.1 Å². The molecule has 2 rings (SSSR count). The Bertz CT molecular complexity index is 651. The molecule has 1 aromatic carbocycles. The van der Waals surface area contributed by atoms with Crippen molar-refractivity contribution in [3.8, 4) is 0 Å². The molecule has 0 radical (unpaired) electrons. The van der Waals surface area contributed by atoms with Gasteiger partial charge in [0.15, 0.2) is 0 Å². The Hall–Kier alpha value is -1.62. The van der Waals surface area contributed by atoms with Crippen molar-refractivity contribution in [2.45, 2.75) is 13.8 Å². The van der Waals surface area contributed by atoms with Gasteiger partial charge in [0, 0.05) is 11.6 Å². The van der Waals surface area contributed by atoms with E-state index in [1.807, 2.05) is 25.1 Å². The average Bonchev–Trinajstić information content (AvgIpc) is 2.30. The highest BCUT2D eigenvalue weighted by atomic mass is 32.2. The molecule has 0 saturated carbocycles. The van der Waals surface area contributed by atoms with Gasteiger partial charge in [0.2, 0.25) is 10.0 Å². The molecular weight excluding hydrogens is 236 g/mol. The molecule has 4 nitrogen and oxygen atoms in total. The van der Waals surface area contributed by atoms with Crippen LogP contribution in [-0.4, -0.2) is 19.2 Å². The Morgan fingerprint density at radius 3 is 2.76 bits per heavy atom. The van der Waals surface area contributed by atoms with Crippen LogP contribution >= 0.6 is 0 Å². The number of aryl methyl sites for hydroxylation is 1. The van der Waals surface area contributed by atoms with E-state index in [2.05, 4.69) is 9.71 Å². The number of anilines is 1. The number of hydrogen-bond donors (Lipinski definition) is 1. The van der Waals surface area contributed by atoms with E-state index in [0.717, 1.165) is 16.5 Å². The van der Waals surface area contributed by atoms with Gasteiger partial charge in [0.25, 0.3) is 0 Å². The molecule has 1 heterocycles. The number of pyridine rings is 1. The molecule has 0 fully saturated rings. The molecule has 1 aromatic heterocycles. The maximum absolute atomic E-state index is 11.6. The number of nitrogens with one attached hydrogen (secondary N) is 1. The lowest BCUT2D eigenvalue weighted by molar-refractivity contribution is 0.602. The van der Waals surface area contributed by atoms with Crippen molar-refractivity contribution in [3.05, 3.63) is 36.0 Å². The van der Waals surface area contributed by atoms with Gasteiger partial charge in [0.05, 0.1) is 17.0 Å². The van der Waals surface area contributed by atoms with Gasteiger partial charge < -0.3 is 0 Å². The standard InChI is InChI=1S/C12H14N2O2S/c1-3-17(15,16)14-12-6-7-13-11-5-4-9(2)8-10(11)12/h4-8H,3H2,1-2H3,(H,13,14). The monoisotopic (exact) mass is 250 g/mol. The van der Waals surface area contributed by atoms with Crippen LogP contribution in [0, 0.1) is 6.92 Å². The van der Waals surface area contributed by atoms with Crippen molar-refractivity contribution in [3.63, 3.8) is 0 Å². The van der Waals surface area contributed by atoms with Crippen molar-refractivity contribution in [2.75, 3.05) is 10.5 Å². The molecule has 0 atom stereocenters. The second-order valence-electron chi connectivity index (χ2n) is 3.88. The summed E-state index contributed by atoms with van der Waals surface area (Å²) in [4.78, 5) is 4.20. The van der Waals surface area contributed by atoms with Crippen LogP contribution in [0.15, 0.2) is 30.5 Å². The zero-order chi connectivity index (χ0) is 12.5. The largest absolute Gasteiger partial charge is 0.283 e. The number of fused-ring (bicyclic) bond motifs is 1. The fourth-order valence-corrected chi connectivity index (χ4v) is 2.25. The van der Waals surface area contributed by atoms with Crippen LogP contribution in [0.1, 0.15) is 12.5 Å². The van der Waals surface area contributed by atoms with Crippen LogP contribution in [0.2, 0.25) is 0 Å². The molecule has 5 heteroatoms. The second-order valence-corrected chi connectivity index (χ2v) is 5.90. The smallest absolute Gasteiger partial charge is 0.232 e. The molecule has 90 valence electrons. The lowest BCUT2D eigenvalue weighted by atomic mass is 10.1.